The van der Waals surface area contributed by atoms with Crippen LogP contribution >= 0.6 is 11.6 Å². The number of nitrogens with one attached hydrogen (secondary N) is 2. The summed E-state index contributed by atoms with van der Waals surface area (Å²) < 4.78 is 0. The standard InChI is InChI=1S/C16H18ClN3O2/c17-15-13(14(19-20-15)11-6-7-11)16(22)18-12-5-1-3-10(9-12)4-2-8-21/h1,3,5,9,11,21H,2,4,6-8H2,(H,18,22)(H,19,20). The molecule has 0 unspecified atom stereocenters. The first kappa shape index (κ1) is 15.1. The smallest absolute Gasteiger partial charge is 0.260 e. The van der Waals surface area contributed by atoms with Gasteiger partial charge in [-0.2, -0.15) is 5.10 Å². The molecule has 0 aliphatic heterocycles. The molecule has 3 rings (SSSR count). The Bertz CT molecular complexity index is 680. The SMILES string of the molecule is O=C(Nc1cccc(CCCO)c1)c1c(Cl)n[nH]c1C1CC1. The summed E-state index contributed by atoms with van der Waals surface area (Å²) >= 11 is 6.05. The Morgan fingerprint density at radius 2 is 2.27 bits per heavy atom. The van der Waals surface area contributed by atoms with Crippen molar-refractivity contribution in [1.82, 2.24) is 10.2 Å². The van der Waals surface area contributed by atoms with Crippen molar-refractivity contribution in [2.75, 3.05) is 11.9 Å². The van der Waals surface area contributed by atoms with Crippen molar-refractivity contribution >= 4 is 23.2 Å². The van der Waals surface area contributed by atoms with Gasteiger partial charge in [-0.25, -0.2) is 0 Å². The molecular weight excluding hydrogens is 302 g/mol. The van der Waals surface area contributed by atoms with Gasteiger partial charge in [-0.3, -0.25) is 9.89 Å². The molecule has 116 valence electrons. The Morgan fingerprint density at radius 3 is 3.00 bits per heavy atom. The lowest BCUT2D eigenvalue weighted by Crippen LogP contribution is -2.13. The molecule has 0 atom stereocenters. The third-order valence-electron chi connectivity index (χ3n) is 3.77. The number of anilines is 1. The van der Waals surface area contributed by atoms with Crippen molar-refractivity contribution in [3.05, 3.63) is 46.2 Å². The van der Waals surface area contributed by atoms with Crippen molar-refractivity contribution < 1.29 is 9.90 Å². The molecule has 6 heteroatoms. The molecule has 3 N–H and O–H groups in total. The van der Waals surface area contributed by atoms with Gasteiger partial charge in [-0.05, 0) is 43.4 Å². The highest BCUT2D eigenvalue weighted by Gasteiger charge is 2.32. The Balaban J connectivity index is 1.75. The fourth-order valence-electron chi connectivity index (χ4n) is 2.50. The number of benzene rings is 1. The maximum Gasteiger partial charge on any atom is 0.260 e. The number of carbonyl (C=O) groups is 1. The monoisotopic (exact) mass is 319 g/mol. The molecule has 0 spiro atoms. The minimum Gasteiger partial charge on any atom is -0.396 e. The van der Waals surface area contributed by atoms with Crippen molar-refractivity contribution in [3.63, 3.8) is 0 Å². The minimum absolute atomic E-state index is 0.159. The van der Waals surface area contributed by atoms with Gasteiger partial charge >= 0.3 is 0 Å². The zero-order valence-electron chi connectivity index (χ0n) is 12.1. The van der Waals surface area contributed by atoms with Crippen LogP contribution in [0, 0.1) is 0 Å². The number of nitrogens with zero attached hydrogens (tertiary/aromatic N) is 1. The van der Waals surface area contributed by atoms with Gasteiger partial charge in [0.1, 0.15) is 0 Å². The molecule has 0 bridgehead atoms. The molecule has 1 aromatic carbocycles. The molecule has 22 heavy (non-hydrogen) atoms. The zero-order valence-corrected chi connectivity index (χ0v) is 12.9. The molecule has 1 aliphatic rings. The topological polar surface area (TPSA) is 78.0 Å². The van der Waals surface area contributed by atoms with Crippen LogP contribution in [0.15, 0.2) is 24.3 Å². The van der Waals surface area contributed by atoms with Crippen molar-refractivity contribution in [2.24, 2.45) is 0 Å². The number of amides is 1. The van der Waals surface area contributed by atoms with E-state index in [0.29, 0.717) is 17.9 Å². The summed E-state index contributed by atoms with van der Waals surface area (Å²) in [5.41, 5.74) is 3.08. The minimum atomic E-state index is -0.236. The van der Waals surface area contributed by atoms with Gasteiger partial charge in [0.15, 0.2) is 5.15 Å². The fraction of sp³-hybridized carbons (Fsp3) is 0.375. The van der Waals surface area contributed by atoms with Crippen LogP contribution in [-0.4, -0.2) is 27.8 Å². The molecular formula is C16H18ClN3O2. The molecule has 1 heterocycles. The van der Waals surface area contributed by atoms with Crippen LogP contribution in [0.4, 0.5) is 5.69 Å². The number of aromatic amines is 1. The van der Waals surface area contributed by atoms with E-state index in [1.165, 1.54) is 0 Å². The Labute approximate surface area is 133 Å². The maximum absolute atomic E-state index is 12.5. The summed E-state index contributed by atoms with van der Waals surface area (Å²) in [7, 11) is 0. The van der Waals surface area contributed by atoms with Crippen LogP contribution in [0.25, 0.3) is 0 Å². The summed E-state index contributed by atoms with van der Waals surface area (Å²) in [4.78, 5) is 12.5. The zero-order chi connectivity index (χ0) is 15.5. The van der Waals surface area contributed by atoms with E-state index in [-0.39, 0.29) is 17.7 Å². The number of aliphatic hydroxyl groups excluding tert-OH is 1. The summed E-state index contributed by atoms with van der Waals surface area (Å²) in [6, 6.07) is 7.62. The molecule has 0 radical (unpaired) electrons. The quantitative estimate of drug-likeness (QED) is 0.765. The first-order valence-electron chi connectivity index (χ1n) is 7.44. The van der Waals surface area contributed by atoms with Crippen LogP contribution in [0.3, 0.4) is 0 Å². The van der Waals surface area contributed by atoms with Gasteiger partial charge < -0.3 is 10.4 Å². The average Bonchev–Trinajstić information content (AvgIpc) is 3.28. The Kier molecular flexibility index (Phi) is 4.45. The Hall–Kier alpha value is -1.85. The van der Waals surface area contributed by atoms with E-state index in [4.69, 9.17) is 16.7 Å². The third kappa shape index (κ3) is 3.31. The summed E-state index contributed by atoms with van der Waals surface area (Å²) in [6.07, 6.45) is 3.61. The van der Waals surface area contributed by atoms with E-state index in [2.05, 4.69) is 15.5 Å². The molecule has 1 fully saturated rings. The molecule has 2 aromatic rings. The predicted molar refractivity (Wildman–Crippen MR) is 85.4 cm³/mol. The number of hydrogen-bond acceptors (Lipinski definition) is 3. The van der Waals surface area contributed by atoms with Crippen LogP contribution in [0.2, 0.25) is 5.15 Å². The molecule has 5 nitrogen and oxygen atoms in total. The number of hydrogen-bond donors (Lipinski definition) is 3. The highest BCUT2D eigenvalue weighted by molar-refractivity contribution is 6.33. The van der Waals surface area contributed by atoms with Gasteiger partial charge in [0.2, 0.25) is 0 Å². The lowest BCUT2D eigenvalue weighted by atomic mass is 10.1. The summed E-state index contributed by atoms with van der Waals surface area (Å²) in [6.45, 7) is 0.159. The van der Waals surface area contributed by atoms with Crippen LogP contribution in [-0.2, 0) is 6.42 Å². The number of carbonyl (C=O) groups excluding carboxylic acids is 1. The van der Waals surface area contributed by atoms with Crippen LogP contribution < -0.4 is 5.32 Å². The lowest BCUT2D eigenvalue weighted by Gasteiger charge is -2.08. The Morgan fingerprint density at radius 1 is 1.45 bits per heavy atom. The lowest BCUT2D eigenvalue weighted by molar-refractivity contribution is 0.102. The first-order chi connectivity index (χ1) is 10.7. The van der Waals surface area contributed by atoms with Crippen molar-refractivity contribution in [2.45, 2.75) is 31.6 Å². The highest BCUT2D eigenvalue weighted by atomic mass is 35.5. The van der Waals surface area contributed by atoms with Gasteiger partial charge in [-0.1, -0.05) is 23.7 Å². The first-order valence-corrected chi connectivity index (χ1v) is 7.81. The fourth-order valence-corrected chi connectivity index (χ4v) is 2.73. The largest absolute Gasteiger partial charge is 0.396 e. The van der Waals surface area contributed by atoms with E-state index in [1.807, 2.05) is 24.3 Å². The number of aryl methyl sites for hydroxylation is 1. The van der Waals surface area contributed by atoms with Gasteiger partial charge in [0, 0.05) is 18.2 Å². The maximum atomic E-state index is 12.5. The summed E-state index contributed by atoms with van der Waals surface area (Å²) in [5.74, 6) is 0.136. The number of H-pyrrole nitrogens is 1. The van der Waals surface area contributed by atoms with Crippen molar-refractivity contribution in [3.8, 4) is 0 Å². The summed E-state index contributed by atoms with van der Waals surface area (Å²) in [5, 5.41) is 18.8. The third-order valence-corrected chi connectivity index (χ3v) is 4.04. The number of rotatable bonds is 6. The van der Waals surface area contributed by atoms with Gasteiger partial charge in [0.25, 0.3) is 5.91 Å². The van der Waals surface area contributed by atoms with E-state index < -0.39 is 0 Å². The second-order valence-electron chi connectivity index (χ2n) is 5.56. The van der Waals surface area contributed by atoms with E-state index in [0.717, 1.165) is 36.2 Å². The molecule has 0 saturated heterocycles. The van der Waals surface area contributed by atoms with Crippen LogP contribution in [0.1, 0.15) is 46.8 Å². The highest BCUT2D eigenvalue weighted by Crippen LogP contribution is 2.42. The number of halogens is 1. The average molecular weight is 320 g/mol. The number of aromatic nitrogens is 2. The normalized spacial score (nSPS) is 14.1. The molecule has 1 aromatic heterocycles. The molecule has 1 aliphatic carbocycles. The van der Waals surface area contributed by atoms with Crippen LogP contribution in [0.5, 0.6) is 0 Å². The van der Waals surface area contributed by atoms with Gasteiger partial charge in [0.05, 0.1) is 11.3 Å². The number of aliphatic hydroxyl groups is 1. The van der Waals surface area contributed by atoms with E-state index in [1.54, 1.807) is 0 Å². The molecule has 1 amide bonds. The van der Waals surface area contributed by atoms with E-state index >= 15 is 0 Å². The second kappa shape index (κ2) is 6.50. The van der Waals surface area contributed by atoms with Crippen molar-refractivity contribution in [1.29, 1.82) is 0 Å². The second-order valence-corrected chi connectivity index (χ2v) is 5.92. The predicted octanol–water partition coefficient (Wildman–Crippen LogP) is 3.12. The van der Waals surface area contributed by atoms with Gasteiger partial charge in [-0.15, -0.1) is 0 Å². The molecule has 1 saturated carbocycles. The van der Waals surface area contributed by atoms with E-state index in [9.17, 15) is 4.79 Å².